The van der Waals surface area contributed by atoms with Crippen LogP contribution in [0.1, 0.15) is 29.8 Å². The Kier molecular flexibility index (Phi) is 5.79. The van der Waals surface area contributed by atoms with Gasteiger partial charge in [-0.25, -0.2) is 0 Å². The minimum absolute atomic E-state index is 0.907. The van der Waals surface area contributed by atoms with Crippen molar-refractivity contribution in [2.75, 3.05) is 26.2 Å². The molecule has 0 N–H and O–H groups in total. The summed E-state index contributed by atoms with van der Waals surface area (Å²) in [5, 5.41) is 0. The highest BCUT2D eigenvalue weighted by atomic mass is 32.1. The van der Waals surface area contributed by atoms with E-state index in [9.17, 15) is 0 Å². The van der Waals surface area contributed by atoms with Crippen molar-refractivity contribution in [3.8, 4) is 5.69 Å². The van der Waals surface area contributed by atoms with Gasteiger partial charge in [-0.3, -0.25) is 19.4 Å². The third kappa shape index (κ3) is 4.00. The summed E-state index contributed by atoms with van der Waals surface area (Å²) in [5.41, 5.74) is 5.42. The summed E-state index contributed by atoms with van der Waals surface area (Å²) in [6.45, 7) is 6.27. The number of pyridine rings is 1. The molecule has 0 saturated carbocycles. The first-order valence-corrected chi connectivity index (χ1v) is 11.4. The third-order valence-electron chi connectivity index (χ3n) is 6.40. The van der Waals surface area contributed by atoms with Crippen LogP contribution in [0.25, 0.3) is 5.69 Å². The largest absolute Gasteiger partial charge is 0.307 e. The maximum Gasteiger partial charge on any atom is 0.186 e. The molecular weight excluding hydrogens is 390 g/mol. The van der Waals surface area contributed by atoms with Crippen LogP contribution in [0.4, 0.5) is 0 Å². The van der Waals surface area contributed by atoms with E-state index in [2.05, 4.69) is 66.4 Å². The number of fused-ring (bicyclic) bond motifs is 1. The molecule has 5 nitrogen and oxygen atoms in total. The van der Waals surface area contributed by atoms with Crippen molar-refractivity contribution in [3.63, 3.8) is 0 Å². The molecule has 5 rings (SSSR count). The van der Waals surface area contributed by atoms with Gasteiger partial charge in [0.15, 0.2) is 4.77 Å². The summed E-state index contributed by atoms with van der Waals surface area (Å²) in [4.78, 5) is 9.22. The lowest BCUT2D eigenvalue weighted by Crippen LogP contribution is -2.46. The molecule has 0 amide bonds. The Morgan fingerprint density at radius 1 is 0.800 bits per heavy atom. The molecule has 1 saturated heterocycles. The molecule has 1 aromatic carbocycles. The number of benzene rings is 1. The van der Waals surface area contributed by atoms with Crippen molar-refractivity contribution >= 4 is 12.2 Å². The second-order valence-electron chi connectivity index (χ2n) is 8.37. The standard InChI is InChI=1S/C24H29N5S/c30-24-28(19-27-16-14-26(15-17-27)18-20-10-12-25-13-11-20)22-8-4-5-9-23(22)29(24)21-6-2-1-3-7-21/h1-3,6-7,10-13H,4-5,8-9,14-19H2. The van der Waals surface area contributed by atoms with Crippen LogP contribution in [-0.4, -0.2) is 50.1 Å². The predicted molar refractivity (Wildman–Crippen MR) is 122 cm³/mol. The lowest BCUT2D eigenvalue weighted by atomic mass is 10.0. The fourth-order valence-electron chi connectivity index (χ4n) is 4.78. The van der Waals surface area contributed by atoms with Crippen molar-refractivity contribution in [2.45, 2.75) is 38.9 Å². The Hall–Kier alpha value is -2.28. The molecule has 156 valence electrons. The van der Waals surface area contributed by atoms with Crippen LogP contribution in [0.5, 0.6) is 0 Å². The second-order valence-corrected chi connectivity index (χ2v) is 8.74. The van der Waals surface area contributed by atoms with Gasteiger partial charge in [0.2, 0.25) is 0 Å². The van der Waals surface area contributed by atoms with Crippen LogP contribution in [0.15, 0.2) is 54.9 Å². The van der Waals surface area contributed by atoms with E-state index in [1.165, 1.54) is 35.5 Å². The van der Waals surface area contributed by atoms with Crippen LogP contribution < -0.4 is 0 Å². The van der Waals surface area contributed by atoms with E-state index in [0.717, 1.165) is 57.0 Å². The SMILES string of the molecule is S=c1n(CN2CCN(Cc3ccncc3)CC2)c2c(n1-c1ccccc1)CCCC2. The number of hydrogen-bond acceptors (Lipinski definition) is 4. The fourth-order valence-corrected chi connectivity index (χ4v) is 5.16. The van der Waals surface area contributed by atoms with E-state index in [1.807, 2.05) is 12.4 Å². The number of nitrogens with zero attached hydrogens (tertiary/aromatic N) is 5. The molecule has 2 aromatic heterocycles. The van der Waals surface area contributed by atoms with Gasteiger partial charge in [0.05, 0.1) is 6.67 Å². The first-order chi connectivity index (χ1) is 14.8. The summed E-state index contributed by atoms with van der Waals surface area (Å²) in [7, 11) is 0. The smallest absolute Gasteiger partial charge is 0.186 e. The van der Waals surface area contributed by atoms with Crippen LogP contribution in [0.3, 0.4) is 0 Å². The number of para-hydroxylation sites is 1. The van der Waals surface area contributed by atoms with Gasteiger partial charge in [-0.05, 0) is 67.7 Å². The maximum absolute atomic E-state index is 6.00. The minimum Gasteiger partial charge on any atom is -0.307 e. The summed E-state index contributed by atoms with van der Waals surface area (Å²) in [5.74, 6) is 0. The van der Waals surface area contributed by atoms with Crippen LogP contribution >= 0.6 is 12.2 Å². The molecule has 0 radical (unpaired) electrons. The van der Waals surface area contributed by atoms with E-state index in [0.29, 0.717) is 0 Å². The normalized spacial score (nSPS) is 17.7. The van der Waals surface area contributed by atoms with Gasteiger partial charge in [0, 0.05) is 62.2 Å². The van der Waals surface area contributed by atoms with Gasteiger partial charge in [-0.2, -0.15) is 0 Å². The molecule has 0 bridgehead atoms. The van der Waals surface area contributed by atoms with E-state index in [-0.39, 0.29) is 0 Å². The van der Waals surface area contributed by atoms with Gasteiger partial charge in [-0.1, -0.05) is 18.2 Å². The van der Waals surface area contributed by atoms with Gasteiger partial charge < -0.3 is 4.57 Å². The summed E-state index contributed by atoms with van der Waals surface area (Å²) in [6.07, 6.45) is 8.55. The predicted octanol–water partition coefficient (Wildman–Crippen LogP) is 4.06. The Labute approximate surface area is 183 Å². The summed E-state index contributed by atoms with van der Waals surface area (Å²) >= 11 is 6.00. The first kappa shape index (κ1) is 19.7. The van der Waals surface area contributed by atoms with Crippen molar-refractivity contribution in [3.05, 3.63) is 76.6 Å². The van der Waals surface area contributed by atoms with Crippen molar-refractivity contribution in [1.29, 1.82) is 0 Å². The van der Waals surface area contributed by atoms with E-state index in [4.69, 9.17) is 12.2 Å². The lowest BCUT2D eigenvalue weighted by molar-refractivity contribution is 0.101. The average molecular weight is 420 g/mol. The molecule has 1 fully saturated rings. The highest BCUT2D eigenvalue weighted by Gasteiger charge is 2.24. The van der Waals surface area contributed by atoms with Crippen molar-refractivity contribution in [1.82, 2.24) is 23.9 Å². The zero-order valence-electron chi connectivity index (χ0n) is 17.4. The van der Waals surface area contributed by atoms with Crippen LogP contribution in [0.2, 0.25) is 0 Å². The van der Waals surface area contributed by atoms with Gasteiger partial charge >= 0.3 is 0 Å². The Bertz CT molecular complexity index is 1030. The van der Waals surface area contributed by atoms with Gasteiger partial charge in [0.25, 0.3) is 0 Å². The molecule has 3 aromatic rings. The van der Waals surface area contributed by atoms with Gasteiger partial charge in [0.1, 0.15) is 0 Å². The molecule has 30 heavy (non-hydrogen) atoms. The molecule has 2 aliphatic rings. The van der Waals surface area contributed by atoms with Crippen LogP contribution in [-0.2, 0) is 26.1 Å². The van der Waals surface area contributed by atoms with E-state index in [1.54, 1.807) is 0 Å². The van der Waals surface area contributed by atoms with Crippen molar-refractivity contribution < 1.29 is 0 Å². The minimum atomic E-state index is 0.907. The first-order valence-electron chi connectivity index (χ1n) is 11.0. The third-order valence-corrected chi connectivity index (χ3v) is 6.81. The summed E-state index contributed by atoms with van der Waals surface area (Å²) < 4.78 is 5.69. The molecule has 0 unspecified atom stereocenters. The molecule has 6 heteroatoms. The Morgan fingerprint density at radius 2 is 1.47 bits per heavy atom. The Morgan fingerprint density at radius 3 is 2.20 bits per heavy atom. The molecule has 1 aliphatic carbocycles. The lowest BCUT2D eigenvalue weighted by Gasteiger charge is -2.35. The second kappa shape index (κ2) is 8.84. The highest BCUT2D eigenvalue weighted by molar-refractivity contribution is 7.71. The number of aromatic nitrogens is 3. The monoisotopic (exact) mass is 419 g/mol. The Balaban J connectivity index is 1.32. The molecule has 0 atom stereocenters. The van der Waals surface area contributed by atoms with E-state index >= 15 is 0 Å². The zero-order valence-corrected chi connectivity index (χ0v) is 18.2. The molecular formula is C24H29N5S. The number of piperazine rings is 1. The number of imidazole rings is 1. The van der Waals surface area contributed by atoms with Gasteiger partial charge in [-0.15, -0.1) is 0 Å². The highest BCUT2D eigenvalue weighted by Crippen LogP contribution is 2.27. The fraction of sp³-hybridized carbons (Fsp3) is 0.417. The molecule has 1 aliphatic heterocycles. The average Bonchev–Trinajstić information content (AvgIpc) is 3.08. The maximum atomic E-state index is 6.00. The number of rotatable bonds is 5. The van der Waals surface area contributed by atoms with E-state index < -0.39 is 0 Å². The number of hydrogen-bond donors (Lipinski definition) is 0. The van der Waals surface area contributed by atoms with Crippen LogP contribution in [0, 0.1) is 4.77 Å². The summed E-state index contributed by atoms with van der Waals surface area (Å²) in [6, 6.07) is 14.9. The molecule has 3 heterocycles. The topological polar surface area (TPSA) is 29.2 Å². The van der Waals surface area contributed by atoms with Crippen molar-refractivity contribution in [2.24, 2.45) is 0 Å². The zero-order chi connectivity index (χ0) is 20.3. The quantitative estimate of drug-likeness (QED) is 0.584. The molecule has 0 spiro atoms.